The number of carbonyl (C=O) groups is 2. The van der Waals surface area contributed by atoms with Crippen LogP contribution in [-0.4, -0.2) is 23.1 Å². The molecule has 0 unspecified atom stereocenters. The SMILES string of the molecule is CC=C(C)C(=O)O[C@H]1CC[C@@H]2Cc3occ(C)c3C[C@]2(C)[C@H]1C(=O)O. The van der Waals surface area contributed by atoms with E-state index in [4.69, 9.17) is 9.15 Å². The number of rotatable bonds is 3. The molecule has 0 bridgehead atoms. The van der Waals surface area contributed by atoms with E-state index < -0.39 is 29.4 Å². The van der Waals surface area contributed by atoms with E-state index in [9.17, 15) is 14.7 Å². The van der Waals surface area contributed by atoms with Crippen LogP contribution in [0.3, 0.4) is 0 Å². The Morgan fingerprint density at radius 2 is 2.12 bits per heavy atom. The molecule has 0 aliphatic heterocycles. The molecular formula is C20H26O5. The highest BCUT2D eigenvalue weighted by atomic mass is 16.5. The van der Waals surface area contributed by atoms with E-state index in [1.165, 1.54) is 0 Å². The van der Waals surface area contributed by atoms with Gasteiger partial charge in [-0.2, -0.15) is 0 Å². The highest BCUT2D eigenvalue weighted by Gasteiger charge is 2.55. The van der Waals surface area contributed by atoms with Gasteiger partial charge < -0.3 is 14.3 Å². The smallest absolute Gasteiger partial charge is 0.333 e. The van der Waals surface area contributed by atoms with Crippen LogP contribution >= 0.6 is 0 Å². The normalized spacial score (nSPS) is 31.8. The number of fused-ring (bicyclic) bond motifs is 2. The third-order valence-electron chi connectivity index (χ3n) is 6.27. The lowest BCUT2D eigenvalue weighted by molar-refractivity contribution is -0.173. The fraction of sp³-hybridized carbons (Fsp3) is 0.600. The molecule has 1 N–H and O–H groups in total. The molecule has 2 aliphatic rings. The van der Waals surface area contributed by atoms with Gasteiger partial charge in [-0.3, -0.25) is 4.79 Å². The lowest BCUT2D eigenvalue weighted by atomic mass is 9.54. The fourth-order valence-corrected chi connectivity index (χ4v) is 4.58. The number of carboxylic acids is 1. The van der Waals surface area contributed by atoms with E-state index >= 15 is 0 Å². The summed E-state index contributed by atoms with van der Waals surface area (Å²) in [5.74, 6) is -0.791. The van der Waals surface area contributed by atoms with Gasteiger partial charge in [0.25, 0.3) is 0 Å². The van der Waals surface area contributed by atoms with E-state index in [-0.39, 0.29) is 5.92 Å². The van der Waals surface area contributed by atoms with Crippen molar-refractivity contribution in [2.24, 2.45) is 17.3 Å². The molecule has 1 fully saturated rings. The molecule has 1 heterocycles. The van der Waals surface area contributed by atoms with Crippen molar-refractivity contribution in [1.29, 1.82) is 0 Å². The zero-order valence-corrected chi connectivity index (χ0v) is 15.3. The second-order valence-corrected chi connectivity index (χ2v) is 7.71. The van der Waals surface area contributed by atoms with Gasteiger partial charge in [0.15, 0.2) is 0 Å². The first kappa shape index (κ1) is 17.8. The molecule has 0 radical (unpaired) electrons. The van der Waals surface area contributed by atoms with Crippen molar-refractivity contribution in [1.82, 2.24) is 0 Å². The second-order valence-electron chi connectivity index (χ2n) is 7.71. The van der Waals surface area contributed by atoms with Crippen molar-refractivity contribution in [3.63, 3.8) is 0 Å². The van der Waals surface area contributed by atoms with E-state index in [1.807, 2.05) is 13.8 Å². The minimum Gasteiger partial charge on any atom is -0.481 e. The summed E-state index contributed by atoms with van der Waals surface area (Å²) in [5, 5.41) is 9.96. The number of aliphatic carboxylic acids is 1. The number of carbonyl (C=O) groups excluding carboxylic acids is 1. The molecule has 1 aromatic rings. The Bertz CT molecular complexity index is 728. The van der Waals surface area contributed by atoms with Gasteiger partial charge in [0.05, 0.1) is 12.2 Å². The summed E-state index contributed by atoms with van der Waals surface area (Å²) in [7, 11) is 0. The Labute approximate surface area is 148 Å². The minimum atomic E-state index is -0.882. The lowest BCUT2D eigenvalue weighted by Gasteiger charge is -2.50. The Hall–Kier alpha value is -2.04. The van der Waals surface area contributed by atoms with Crippen molar-refractivity contribution >= 4 is 11.9 Å². The van der Waals surface area contributed by atoms with Crippen LogP contribution in [0.2, 0.25) is 0 Å². The molecule has 1 saturated carbocycles. The molecule has 5 heteroatoms. The van der Waals surface area contributed by atoms with Gasteiger partial charge in [-0.05, 0) is 62.5 Å². The number of allylic oxidation sites excluding steroid dienone is 1. The third-order valence-corrected chi connectivity index (χ3v) is 6.27. The van der Waals surface area contributed by atoms with E-state index in [1.54, 1.807) is 26.2 Å². The molecule has 0 amide bonds. The summed E-state index contributed by atoms with van der Waals surface area (Å²) in [5.41, 5.74) is 2.26. The Morgan fingerprint density at radius 3 is 2.76 bits per heavy atom. The van der Waals surface area contributed by atoms with E-state index in [0.29, 0.717) is 18.4 Å². The summed E-state index contributed by atoms with van der Waals surface area (Å²) in [4.78, 5) is 24.3. The summed E-state index contributed by atoms with van der Waals surface area (Å²) in [6, 6.07) is 0. The molecule has 4 atom stereocenters. The number of carboxylic acid groups (broad SMARTS) is 1. The van der Waals surface area contributed by atoms with Gasteiger partial charge in [0, 0.05) is 12.0 Å². The fourth-order valence-electron chi connectivity index (χ4n) is 4.58. The average molecular weight is 346 g/mol. The zero-order chi connectivity index (χ0) is 18.4. The van der Waals surface area contributed by atoms with Gasteiger partial charge in [-0.1, -0.05) is 13.0 Å². The zero-order valence-electron chi connectivity index (χ0n) is 15.3. The Kier molecular flexibility index (Phi) is 4.52. The van der Waals surface area contributed by atoms with Crippen molar-refractivity contribution in [2.75, 3.05) is 0 Å². The predicted molar refractivity (Wildman–Crippen MR) is 92.1 cm³/mol. The molecule has 1 aromatic heterocycles. The number of furan rings is 1. The van der Waals surface area contributed by atoms with E-state index in [0.717, 1.165) is 29.7 Å². The number of hydrogen-bond acceptors (Lipinski definition) is 4. The summed E-state index contributed by atoms with van der Waals surface area (Å²) in [6.07, 6.45) is 5.69. The highest BCUT2D eigenvalue weighted by molar-refractivity contribution is 5.88. The van der Waals surface area contributed by atoms with Crippen LogP contribution in [-0.2, 0) is 27.2 Å². The summed E-state index contributed by atoms with van der Waals surface area (Å²) >= 11 is 0. The largest absolute Gasteiger partial charge is 0.481 e. The molecule has 0 aromatic carbocycles. The topological polar surface area (TPSA) is 76.7 Å². The third kappa shape index (κ3) is 2.90. The molecule has 0 spiro atoms. The van der Waals surface area contributed by atoms with Crippen molar-refractivity contribution in [3.8, 4) is 0 Å². The highest BCUT2D eigenvalue weighted by Crippen LogP contribution is 2.53. The number of esters is 1. The molecule has 3 rings (SSSR count). The van der Waals surface area contributed by atoms with Crippen LogP contribution < -0.4 is 0 Å². The van der Waals surface area contributed by atoms with Crippen LogP contribution in [0.4, 0.5) is 0 Å². The number of ether oxygens (including phenoxy) is 1. The quantitative estimate of drug-likeness (QED) is 0.667. The van der Waals surface area contributed by atoms with Crippen LogP contribution in [0, 0.1) is 24.2 Å². The second kappa shape index (κ2) is 6.36. The molecule has 0 saturated heterocycles. The van der Waals surface area contributed by atoms with Gasteiger partial charge in [-0.25, -0.2) is 4.79 Å². The van der Waals surface area contributed by atoms with Crippen molar-refractivity contribution in [3.05, 3.63) is 34.8 Å². The van der Waals surface area contributed by atoms with Gasteiger partial charge in [0.1, 0.15) is 11.9 Å². The van der Waals surface area contributed by atoms with Gasteiger partial charge in [0.2, 0.25) is 0 Å². The maximum atomic E-state index is 12.2. The predicted octanol–water partition coefficient (Wildman–Crippen LogP) is 3.68. The maximum Gasteiger partial charge on any atom is 0.333 e. The standard InChI is InChI=1S/C20H26O5/c1-5-11(2)19(23)25-15-7-6-13-8-16-14(12(3)10-24-16)9-20(13,4)17(15)18(21)22/h5,10,13,15,17H,6-9H2,1-4H3,(H,21,22)/t13-,15+,17-,20+/m1/s1. The number of hydrogen-bond donors (Lipinski definition) is 1. The molecule has 136 valence electrons. The first-order valence-corrected chi connectivity index (χ1v) is 8.90. The Balaban J connectivity index is 1.93. The van der Waals surface area contributed by atoms with Crippen molar-refractivity contribution in [2.45, 2.75) is 59.5 Å². The monoisotopic (exact) mass is 346 g/mol. The molecule has 5 nitrogen and oxygen atoms in total. The number of aryl methyl sites for hydroxylation is 1. The van der Waals surface area contributed by atoms with Gasteiger partial charge in [-0.15, -0.1) is 0 Å². The minimum absolute atomic E-state index is 0.226. The first-order chi connectivity index (χ1) is 11.8. The van der Waals surface area contributed by atoms with Crippen molar-refractivity contribution < 1.29 is 23.8 Å². The van der Waals surface area contributed by atoms with E-state index in [2.05, 4.69) is 0 Å². The van der Waals surface area contributed by atoms with Crippen LogP contribution in [0.1, 0.15) is 50.5 Å². The molecular weight excluding hydrogens is 320 g/mol. The summed E-state index contributed by atoms with van der Waals surface area (Å²) in [6.45, 7) is 7.49. The van der Waals surface area contributed by atoms with Crippen LogP contribution in [0.15, 0.2) is 22.3 Å². The maximum absolute atomic E-state index is 12.2. The molecule has 2 aliphatic carbocycles. The first-order valence-electron chi connectivity index (χ1n) is 8.90. The van der Waals surface area contributed by atoms with Crippen LogP contribution in [0.25, 0.3) is 0 Å². The lowest BCUT2D eigenvalue weighted by Crippen LogP contribution is -2.54. The van der Waals surface area contributed by atoms with Gasteiger partial charge >= 0.3 is 11.9 Å². The Morgan fingerprint density at radius 1 is 1.40 bits per heavy atom. The molecule has 25 heavy (non-hydrogen) atoms. The van der Waals surface area contributed by atoms with Crippen LogP contribution in [0.5, 0.6) is 0 Å². The average Bonchev–Trinajstić information content (AvgIpc) is 2.90. The summed E-state index contributed by atoms with van der Waals surface area (Å²) < 4.78 is 11.3.